The van der Waals surface area contributed by atoms with Crippen molar-refractivity contribution >= 4 is 44.1 Å². The molecule has 1 amide bonds. The number of primary amides is 1. The first-order valence-corrected chi connectivity index (χ1v) is 15.5. The number of halogens is 3. The highest BCUT2D eigenvalue weighted by atomic mass is 32.2. The van der Waals surface area contributed by atoms with Gasteiger partial charge in [-0.1, -0.05) is 0 Å². The number of carboxylic acid groups (broad SMARTS) is 1. The quantitative estimate of drug-likeness (QED) is 0.326. The number of benzene rings is 1. The van der Waals surface area contributed by atoms with Crippen molar-refractivity contribution in [1.82, 2.24) is 14.2 Å². The Bertz CT molecular complexity index is 1490. The molecule has 0 atom stereocenters. The number of carbonyl (C=O) groups excluding carboxylic acids is 1. The summed E-state index contributed by atoms with van der Waals surface area (Å²) in [6.07, 6.45) is -1.61. The standard InChI is InChI=1S/C25H34N4O3S2.C2HF3O2/c1-5-34(31,32)29-8-6-17(7-9-29)23-13-27-24-21(23)11-18(12-22(24)25(26)30)19-10-20(33-15-19)14-28(4)16(2)3;3-2(4,5)1(6)7/h10-13,15-17,27H,5-9,14H2,1-4H3,(H2,26,30);(H,6,7). The second kappa shape index (κ2) is 12.9. The van der Waals surface area contributed by atoms with E-state index >= 15 is 0 Å². The minimum Gasteiger partial charge on any atom is -0.475 e. The summed E-state index contributed by atoms with van der Waals surface area (Å²) in [6.45, 7) is 7.96. The molecule has 226 valence electrons. The molecule has 2 aromatic heterocycles. The number of sulfonamides is 1. The number of hydrogen-bond acceptors (Lipinski definition) is 6. The normalized spacial score (nSPS) is 15.3. The topological polar surface area (TPSA) is 137 Å². The highest BCUT2D eigenvalue weighted by Gasteiger charge is 2.38. The van der Waals surface area contributed by atoms with Crippen LogP contribution in [-0.2, 0) is 21.4 Å². The number of fused-ring (bicyclic) bond motifs is 1. The van der Waals surface area contributed by atoms with E-state index in [-0.39, 0.29) is 11.7 Å². The highest BCUT2D eigenvalue weighted by Crippen LogP contribution is 2.38. The number of amides is 1. The van der Waals surface area contributed by atoms with Crippen LogP contribution in [0, 0.1) is 0 Å². The number of thiophene rings is 1. The molecule has 0 radical (unpaired) electrons. The van der Waals surface area contributed by atoms with Crippen LogP contribution in [0.4, 0.5) is 13.2 Å². The number of carbonyl (C=O) groups is 2. The maximum absolute atomic E-state index is 12.3. The van der Waals surface area contributed by atoms with Crippen LogP contribution >= 0.6 is 11.3 Å². The Morgan fingerprint density at radius 3 is 2.32 bits per heavy atom. The van der Waals surface area contributed by atoms with Crippen LogP contribution in [0.15, 0.2) is 29.8 Å². The SMILES string of the molecule is CCS(=O)(=O)N1CCC(c2c[nH]c3c(C(N)=O)cc(-c4csc(CN(C)C(C)C)c4)cc23)CC1.O=C(O)C(F)(F)F. The minimum absolute atomic E-state index is 0.131. The summed E-state index contributed by atoms with van der Waals surface area (Å²) in [6, 6.07) is 6.67. The van der Waals surface area contributed by atoms with Crippen molar-refractivity contribution in [3.8, 4) is 11.1 Å². The number of aromatic amines is 1. The molecule has 1 aliphatic rings. The first kappa shape index (κ1) is 32.6. The molecule has 1 aromatic carbocycles. The van der Waals surface area contributed by atoms with Gasteiger partial charge in [-0.25, -0.2) is 17.5 Å². The van der Waals surface area contributed by atoms with Crippen LogP contribution < -0.4 is 5.73 Å². The summed E-state index contributed by atoms with van der Waals surface area (Å²) < 4.78 is 57.8. The summed E-state index contributed by atoms with van der Waals surface area (Å²) >= 11 is 1.72. The van der Waals surface area contributed by atoms with E-state index < -0.39 is 28.1 Å². The van der Waals surface area contributed by atoms with Gasteiger partial charge in [-0.3, -0.25) is 9.69 Å². The van der Waals surface area contributed by atoms with Crippen molar-refractivity contribution in [2.75, 3.05) is 25.9 Å². The third kappa shape index (κ3) is 7.87. The number of rotatable bonds is 8. The van der Waals surface area contributed by atoms with Crippen molar-refractivity contribution in [3.05, 3.63) is 45.8 Å². The van der Waals surface area contributed by atoms with E-state index in [4.69, 9.17) is 15.6 Å². The molecule has 4 rings (SSSR count). The molecule has 1 aliphatic heterocycles. The lowest BCUT2D eigenvalue weighted by Gasteiger charge is -2.31. The molecule has 0 bridgehead atoms. The smallest absolute Gasteiger partial charge is 0.475 e. The first-order chi connectivity index (χ1) is 19.0. The monoisotopic (exact) mass is 616 g/mol. The van der Waals surface area contributed by atoms with Gasteiger partial charge in [0.1, 0.15) is 0 Å². The van der Waals surface area contributed by atoms with Gasteiger partial charge < -0.3 is 15.8 Å². The van der Waals surface area contributed by atoms with E-state index in [2.05, 4.69) is 48.3 Å². The predicted molar refractivity (Wildman–Crippen MR) is 153 cm³/mol. The van der Waals surface area contributed by atoms with Gasteiger partial charge in [0.05, 0.1) is 16.8 Å². The van der Waals surface area contributed by atoms with E-state index in [0.29, 0.717) is 24.7 Å². The maximum atomic E-state index is 12.3. The highest BCUT2D eigenvalue weighted by molar-refractivity contribution is 7.89. The Kier molecular flexibility index (Phi) is 10.3. The van der Waals surface area contributed by atoms with Crippen molar-refractivity contribution in [1.29, 1.82) is 0 Å². The Labute approximate surface area is 241 Å². The third-order valence-electron chi connectivity index (χ3n) is 7.26. The van der Waals surface area contributed by atoms with Crippen molar-refractivity contribution in [3.63, 3.8) is 0 Å². The molecule has 4 N–H and O–H groups in total. The summed E-state index contributed by atoms with van der Waals surface area (Å²) in [5, 5.41) is 10.3. The fraction of sp³-hybridized carbons (Fsp3) is 0.481. The van der Waals surface area contributed by atoms with Crippen molar-refractivity contribution < 1.29 is 36.3 Å². The number of H-pyrrole nitrogens is 1. The summed E-state index contributed by atoms with van der Waals surface area (Å²) in [4.78, 5) is 28.1. The average Bonchev–Trinajstić information content (AvgIpc) is 3.55. The average molecular weight is 617 g/mol. The van der Waals surface area contributed by atoms with Crippen LogP contribution in [0.1, 0.15) is 60.3 Å². The van der Waals surface area contributed by atoms with Gasteiger partial charge in [0.15, 0.2) is 0 Å². The number of piperidine rings is 1. The van der Waals surface area contributed by atoms with Crippen LogP contribution in [0.2, 0.25) is 0 Å². The first-order valence-electron chi connectivity index (χ1n) is 13.1. The lowest BCUT2D eigenvalue weighted by molar-refractivity contribution is -0.192. The Morgan fingerprint density at radius 1 is 1.20 bits per heavy atom. The Morgan fingerprint density at radius 2 is 1.80 bits per heavy atom. The van der Waals surface area contributed by atoms with Crippen LogP contribution in [0.25, 0.3) is 22.0 Å². The zero-order valence-corrected chi connectivity index (χ0v) is 24.9. The minimum atomic E-state index is -5.08. The number of aromatic nitrogens is 1. The van der Waals surface area contributed by atoms with Gasteiger partial charge in [0, 0.05) is 42.1 Å². The molecular formula is C27H35F3N4O5S2. The molecule has 9 nitrogen and oxygen atoms in total. The number of nitrogens with zero attached hydrogens (tertiary/aromatic N) is 2. The summed E-state index contributed by atoms with van der Waals surface area (Å²) in [5.41, 5.74) is 10.2. The van der Waals surface area contributed by atoms with E-state index in [1.807, 2.05) is 12.3 Å². The lowest BCUT2D eigenvalue weighted by atomic mass is 9.88. The van der Waals surface area contributed by atoms with E-state index in [1.54, 1.807) is 22.6 Å². The molecular weight excluding hydrogens is 581 g/mol. The summed E-state index contributed by atoms with van der Waals surface area (Å²) in [5.74, 6) is -2.86. The molecule has 0 spiro atoms. The molecule has 0 unspecified atom stereocenters. The van der Waals surface area contributed by atoms with E-state index in [1.165, 1.54) is 4.88 Å². The zero-order valence-electron chi connectivity index (χ0n) is 23.3. The van der Waals surface area contributed by atoms with Gasteiger partial charge in [-0.05, 0) is 86.8 Å². The molecule has 0 saturated carbocycles. The fourth-order valence-corrected chi connectivity index (χ4v) is 6.71. The second-order valence-electron chi connectivity index (χ2n) is 10.2. The number of aliphatic carboxylic acids is 1. The Hall–Kier alpha value is -2.94. The van der Waals surface area contributed by atoms with E-state index in [9.17, 15) is 26.4 Å². The van der Waals surface area contributed by atoms with Crippen LogP contribution in [-0.4, -0.2) is 77.7 Å². The van der Waals surface area contributed by atoms with Crippen molar-refractivity contribution in [2.45, 2.75) is 58.3 Å². The molecule has 1 saturated heterocycles. The molecule has 1 fully saturated rings. The maximum Gasteiger partial charge on any atom is 0.490 e. The molecule has 3 heterocycles. The van der Waals surface area contributed by atoms with Gasteiger partial charge >= 0.3 is 12.1 Å². The second-order valence-corrected chi connectivity index (χ2v) is 13.5. The van der Waals surface area contributed by atoms with Gasteiger partial charge in [0.25, 0.3) is 5.91 Å². The fourth-order valence-electron chi connectivity index (χ4n) is 4.62. The van der Waals surface area contributed by atoms with Crippen LogP contribution in [0.5, 0.6) is 0 Å². The van der Waals surface area contributed by atoms with Crippen molar-refractivity contribution in [2.24, 2.45) is 5.73 Å². The molecule has 41 heavy (non-hydrogen) atoms. The number of nitrogens with one attached hydrogen (secondary N) is 1. The van der Waals surface area contributed by atoms with Gasteiger partial charge in [0.2, 0.25) is 10.0 Å². The zero-order chi connectivity index (χ0) is 30.7. The van der Waals surface area contributed by atoms with E-state index in [0.717, 1.165) is 47.0 Å². The number of hydrogen-bond donors (Lipinski definition) is 3. The number of nitrogens with two attached hydrogens (primary N) is 1. The molecule has 14 heteroatoms. The number of carboxylic acids is 1. The lowest BCUT2D eigenvalue weighted by Crippen LogP contribution is -2.38. The van der Waals surface area contributed by atoms with Gasteiger partial charge in [-0.15, -0.1) is 11.3 Å². The third-order valence-corrected chi connectivity index (χ3v) is 10.1. The van der Waals surface area contributed by atoms with Gasteiger partial charge in [-0.2, -0.15) is 13.2 Å². The summed E-state index contributed by atoms with van der Waals surface area (Å²) in [7, 11) is -1.05. The Balaban J connectivity index is 0.000000587. The molecule has 0 aliphatic carbocycles. The largest absolute Gasteiger partial charge is 0.490 e. The molecule has 3 aromatic rings. The predicted octanol–water partition coefficient (Wildman–Crippen LogP) is 5.00. The number of alkyl halides is 3. The van der Waals surface area contributed by atoms with Crippen LogP contribution in [0.3, 0.4) is 0 Å².